The van der Waals surface area contributed by atoms with Crippen LogP contribution in [0.4, 0.5) is 5.69 Å². The number of nitrogens with one attached hydrogen (secondary N) is 1. The Morgan fingerprint density at radius 3 is 2.35 bits per heavy atom. The molecule has 138 valence electrons. The molecule has 6 heteroatoms. The number of amides is 2. The highest BCUT2D eigenvalue weighted by atomic mass is 16.5. The molecule has 0 heterocycles. The molecule has 0 aromatic heterocycles. The van der Waals surface area contributed by atoms with Crippen molar-refractivity contribution in [2.24, 2.45) is 0 Å². The molecule has 0 atom stereocenters. The van der Waals surface area contributed by atoms with Crippen LogP contribution in [-0.4, -0.2) is 39.1 Å². The Balaban J connectivity index is 2.06. The second-order valence-corrected chi connectivity index (χ2v) is 5.78. The third-order valence-corrected chi connectivity index (χ3v) is 4.07. The van der Waals surface area contributed by atoms with Gasteiger partial charge < -0.3 is 19.7 Å². The maximum absolute atomic E-state index is 12.3. The molecule has 0 spiro atoms. The zero-order valence-corrected chi connectivity index (χ0v) is 15.5. The zero-order chi connectivity index (χ0) is 19.1. The van der Waals surface area contributed by atoms with Crippen LogP contribution in [0.1, 0.15) is 22.8 Å². The molecule has 0 unspecified atom stereocenters. The molecule has 2 aromatic rings. The summed E-state index contributed by atoms with van der Waals surface area (Å²) in [5.74, 6) is 0.856. The second kappa shape index (κ2) is 8.89. The Morgan fingerprint density at radius 2 is 1.73 bits per heavy atom. The van der Waals surface area contributed by atoms with Gasteiger partial charge in [-0.05, 0) is 30.7 Å². The minimum atomic E-state index is -0.154. The van der Waals surface area contributed by atoms with Gasteiger partial charge in [-0.1, -0.05) is 18.2 Å². The van der Waals surface area contributed by atoms with Crippen molar-refractivity contribution in [3.63, 3.8) is 0 Å². The number of hydrogen-bond donors (Lipinski definition) is 1. The van der Waals surface area contributed by atoms with Gasteiger partial charge in [0.25, 0.3) is 5.91 Å². The average Bonchev–Trinajstić information content (AvgIpc) is 2.64. The summed E-state index contributed by atoms with van der Waals surface area (Å²) in [6.07, 6.45) is 0. The van der Waals surface area contributed by atoms with Crippen molar-refractivity contribution in [2.45, 2.75) is 13.8 Å². The van der Waals surface area contributed by atoms with Gasteiger partial charge in [0, 0.05) is 37.3 Å². The first-order valence-electron chi connectivity index (χ1n) is 8.32. The standard InChI is InChI=1S/C20H24N2O4/c1-14-7-5-6-8-17(14)20(24)21-11-12-22(15(2)23)16-9-10-18(25-3)19(13-16)26-4/h5-10,13H,11-12H2,1-4H3,(H,21,24). The maximum Gasteiger partial charge on any atom is 0.251 e. The van der Waals surface area contributed by atoms with E-state index in [1.807, 2.05) is 25.1 Å². The van der Waals surface area contributed by atoms with Crippen LogP contribution in [-0.2, 0) is 4.79 Å². The van der Waals surface area contributed by atoms with Gasteiger partial charge >= 0.3 is 0 Å². The highest BCUT2D eigenvalue weighted by Crippen LogP contribution is 2.31. The Morgan fingerprint density at radius 1 is 1.04 bits per heavy atom. The van der Waals surface area contributed by atoms with E-state index in [-0.39, 0.29) is 11.8 Å². The average molecular weight is 356 g/mol. The highest BCUT2D eigenvalue weighted by Gasteiger charge is 2.15. The fraction of sp³-hybridized carbons (Fsp3) is 0.300. The Kier molecular flexibility index (Phi) is 6.60. The van der Waals surface area contributed by atoms with E-state index in [0.717, 1.165) is 5.56 Å². The topological polar surface area (TPSA) is 67.9 Å². The number of carbonyl (C=O) groups excluding carboxylic acids is 2. The fourth-order valence-electron chi connectivity index (χ4n) is 2.67. The lowest BCUT2D eigenvalue weighted by Gasteiger charge is -2.22. The number of anilines is 1. The lowest BCUT2D eigenvalue weighted by molar-refractivity contribution is -0.116. The summed E-state index contributed by atoms with van der Waals surface area (Å²) in [5, 5.41) is 2.86. The molecule has 0 aliphatic rings. The van der Waals surface area contributed by atoms with Crippen molar-refractivity contribution in [1.82, 2.24) is 5.32 Å². The van der Waals surface area contributed by atoms with Crippen LogP contribution < -0.4 is 19.7 Å². The molecule has 0 aliphatic carbocycles. The van der Waals surface area contributed by atoms with Crippen LogP contribution in [0.2, 0.25) is 0 Å². The number of nitrogens with zero attached hydrogens (tertiary/aromatic N) is 1. The van der Waals surface area contributed by atoms with E-state index in [0.29, 0.717) is 35.8 Å². The summed E-state index contributed by atoms with van der Waals surface area (Å²) in [6.45, 7) is 4.06. The van der Waals surface area contributed by atoms with E-state index in [2.05, 4.69) is 5.32 Å². The Bertz CT molecular complexity index is 789. The fourth-order valence-corrected chi connectivity index (χ4v) is 2.67. The van der Waals surface area contributed by atoms with Gasteiger partial charge in [0.2, 0.25) is 5.91 Å². The van der Waals surface area contributed by atoms with Gasteiger partial charge in [0.15, 0.2) is 11.5 Å². The van der Waals surface area contributed by atoms with Gasteiger partial charge in [0.05, 0.1) is 14.2 Å². The predicted octanol–water partition coefficient (Wildman–Crippen LogP) is 2.80. The molecule has 0 aliphatic heterocycles. The molecule has 0 saturated carbocycles. The summed E-state index contributed by atoms with van der Waals surface area (Å²) < 4.78 is 10.5. The minimum Gasteiger partial charge on any atom is -0.493 e. The van der Waals surface area contributed by atoms with Crippen LogP contribution in [0.5, 0.6) is 11.5 Å². The van der Waals surface area contributed by atoms with Crippen LogP contribution in [0.25, 0.3) is 0 Å². The number of methoxy groups -OCH3 is 2. The number of rotatable bonds is 7. The number of hydrogen-bond acceptors (Lipinski definition) is 4. The molecular formula is C20H24N2O4. The lowest BCUT2D eigenvalue weighted by atomic mass is 10.1. The summed E-state index contributed by atoms with van der Waals surface area (Å²) >= 11 is 0. The molecule has 26 heavy (non-hydrogen) atoms. The van der Waals surface area contributed by atoms with E-state index in [9.17, 15) is 9.59 Å². The Hall–Kier alpha value is -3.02. The number of ether oxygens (including phenoxy) is 2. The van der Waals surface area contributed by atoms with Crippen LogP contribution in [0.3, 0.4) is 0 Å². The van der Waals surface area contributed by atoms with Crippen LogP contribution in [0.15, 0.2) is 42.5 Å². The first-order valence-corrected chi connectivity index (χ1v) is 8.32. The van der Waals surface area contributed by atoms with Crippen molar-refractivity contribution in [3.05, 3.63) is 53.6 Å². The van der Waals surface area contributed by atoms with E-state index < -0.39 is 0 Å². The molecule has 2 rings (SSSR count). The first kappa shape index (κ1) is 19.3. The van der Waals surface area contributed by atoms with E-state index in [4.69, 9.17) is 9.47 Å². The molecule has 2 aromatic carbocycles. The monoisotopic (exact) mass is 356 g/mol. The van der Waals surface area contributed by atoms with E-state index in [1.165, 1.54) is 6.92 Å². The molecule has 0 saturated heterocycles. The number of aryl methyl sites for hydroxylation is 1. The summed E-state index contributed by atoms with van der Waals surface area (Å²) in [6, 6.07) is 12.7. The van der Waals surface area contributed by atoms with Crippen LogP contribution >= 0.6 is 0 Å². The third kappa shape index (κ3) is 4.53. The molecule has 0 bridgehead atoms. The van der Waals surface area contributed by atoms with Gasteiger partial charge in [0.1, 0.15) is 0 Å². The normalized spacial score (nSPS) is 10.2. The quantitative estimate of drug-likeness (QED) is 0.828. The molecule has 1 N–H and O–H groups in total. The molecule has 0 radical (unpaired) electrons. The maximum atomic E-state index is 12.3. The highest BCUT2D eigenvalue weighted by molar-refractivity contribution is 5.96. The van der Waals surface area contributed by atoms with Gasteiger partial charge in [-0.2, -0.15) is 0 Å². The van der Waals surface area contributed by atoms with Crippen molar-refractivity contribution >= 4 is 17.5 Å². The van der Waals surface area contributed by atoms with Crippen molar-refractivity contribution in [3.8, 4) is 11.5 Å². The van der Waals surface area contributed by atoms with Crippen molar-refractivity contribution in [1.29, 1.82) is 0 Å². The molecule has 0 fully saturated rings. The summed E-state index contributed by atoms with van der Waals surface area (Å²) in [4.78, 5) is 25.9. The van der Waals surface area contributed by atoms with Crippen molar-refractivity contribution < 1.29 is 19.1 Å². The third-order valence-electron chi connectivity index (χ3n) is 4.07. The molecular weight excluding hydrogens is 332 g/mol. The largest absolute Gasteiger partial charge is 0.493 e. The molecule has 6 nitrogen and oxygen atoms in total. The molecule has 2 amide bonds. The lowest BCUT2D eigenvalue weighted by Crippen LogP contribution is -2.37. The number of carbonyl (C=O) groups is 2. The van der Waals surface area contributed by atoms with Crippen LogP contribution in [0, 0.1) is 6.92 Å². The van der Waals surface area contributed by atoms with E-state index in [1.54, 1.807) is 43.4 Å². The van der Waals surface area contributed by atoms with Crippen molar-refractivity contribution in [2.75, 3.05) is 32.2 Å². The van der Waals surface area contributed by atoms with Gasteiger partial charge in [-0.3, -0.25) is 9.59 Å². The first-order chi connectivity index (χ1) is 12.5. The summed E-state index contributed by atoms with van der Waals surface area (Å²) in [5.41, 5.74) is 2.22. The zero-order valence-electron chi connectivity index (χ0n) is 15.5. The van der Waals surface area contributed by atoms with E-state index >= 15 is 0 Å². The second-order valence-electron chi connectivity index (χ2n) is 5.78. The minimum absolute atomic E-state index is 0.123. The number of benzene rings is 2. The smallest absolute Gasteiger partial charge is 0.251 e. The van der Waals surface area contributed by atoms with Gasteiger partial charge in [-0.25, -0.2) is 0 Å². The SMILES string of the molecule is COc1ccc(N(CCNC(=O)c2ccccc2C)C(C)=O)cc1OC. The van der Waals surface area contributed by atoms with Gasteiger partial charge in [-0.15, -0.1) is 0 Å². The summed E-state index contributed by atoms with van der Waals surface area (Å²) in [7, 11) is 3.10. The predicted molar refractivity (Wildman–Crippen MR) is 101 cm³/mol. The Labute approximate surface area is 153 Å².